The van der Waals surface area contributed by atoms with E-state index in [0.717, 1.165) is 4.90 Å². The molecular formula is C21H20BrN3O6. The lowest BCUT2D eigenvalue weighted by molar-refractivity contribution is -0.127. The summed E-state index contributed by atoms with van der Waals surface area (Å²) in [5.41, 5.74) is 0.996. The second-order valence-electron chi connectivity index (χ2n) is 6.36. The largest absolute Gasteiger partial charge is 0.496 e. The minimum absolute atomic E-state index is 0.0189. The van der Waals surface area contributed by atoms with Crippen LogP contribution < -0.4 is 24.8 Å². The molecule has 10 heteroatoms. The van der Waals surface area contributed by atoms with Gasteiger partial charge in [0, 0.05) is 11.6 Å². The van der Waals surface area contributed by atoms with Gasteiger partial charge in [0.15, 0.2) is 0 Å². The number of ether oxygens (including phenoxy) is 3. The van der Waals surface area contributed by atoms with Crippen molar-refractivity contribution >= 4 is 45.5 Å². The number of imide groups is 1. The molecule has 2 aromatic carbocycles. The summed E-state index contributed by atoms with van der Waals surface area (Å²) >= 11 is 3.38. The maximum absolute atomic E-state index is 12.7. The standard InChI is InChI=1S/C21H20BrN3O6/c1-29-16-7-5-4-6-14(16)23-19(26)11-25-20(27)15(24-21(25)28)9-12-8-13(22)18(31-3)10-17(12)30-2/h4-10H,11H2,1-3H3,(H,23,26)(H,24,28)/b15-9+. The fourth-order valence-corrected chi connectivity index (χ4v) is 3.47. The number of hydrogen-bond acceptors (Lipinski definition) is 6. The van der Waals surface area contributed by atoms with E-state index >= 15 is 0 Å². The SMILES string of the molecule is COc1cc(OC)c(/C=C2/NC(=O)N(CC(=O)Nc3ccccc3OC)C2=O)cc1Br. The molecule has 1 fully saturated rings. The fourth-order valence-electron chi connectivity index (χ4n) is 2.95. The number of anilines is 1. The van der Waals surface area contributed by atoms with E-state index in [-0.39, 0.29) is 5.70 Å². The Hall–Kier alpha value is -3.53. The Kier molecular flexibility index (Phi) is 6.81. The minimum Gasteiger partial charge on any atom is -0.496 e. The summed E-state index contributed by atoms with van der Waals surface area (Å²) in [7, 11) is 4.48. The molecule has 1 saturated heterocycles. The van der Waals surface area contributed by atoms with Gasteiger partial charge in [-0.3, -0.25) is 9.59 Å². The van der Waals surface area contributed by atoms with E-state index in [1.807, 2.05) is 0 Å². The molecule has 3 rings (SSSR count). The first-order valence-corrected chi connectivity index (χ1v) is 9.86. The highest BCUT2D eigenvalue weighted by Gasteiger charge is 2.35. The van der Waals surface area contributed by atoms with Crippen molar-refractivity contribution in [1.29, 1.82) is 0 Å². The number of nitrogens with zero attached hydrogens (tertiary/aromatic N) is 1. The second-order valence-corrected chi connectivity index (χ2v) is 7.21. The van der Waals surface area contributed by atoms with Crippen molar-refractivity contribution in [2.24, 2.45) is 0 Å². The molecule has 0 bridgehead atoms. The van der Waals surface area contributed by atoms with Gasteiger partial charge >= 0.3 is 6.03 Å². The lowest BCUT2D eigenvalue weighted by atomic mass is 10.1. The molecule has 0 saturated carbocycles. The summed E-state index contributed by atoms with van der Waals surface area (Å²) in [5, 5.41) is 5.12. The van der Waals surface area contributed by atoms with Crippen LogP contribution in [0.3, 0.4) is 0 Å². The number of para-hydroxylation sites is 2. The Morgan fingerprint density at radius 1 is 1.06 bits per heavy atom. The van der Waals surface area contributed by atoms with E-state index in [1.165, 1.54) is 27.4 Å². The number of benzene rings is 2. The third-order valence-corrected chi connectivity index (χ3v) is 5.07. The fraction of sp³-hybridized carbons (Fsp3) is 0.190. The lowest BCUT2D eigenvalue weighted by Crippen LogP contribution is -2.38. The van der Waals surface area contributed by atoms with Gasteiger partial charge in [-0.05, 0) is 40.2 Å². The molecule has 9 nitrogen and oxygen atoms in total. The van der Waals surface area contributed by atoms with Crippen molar-refractivity contribution in [2.45, 2.75) is 0 Å². The molecule has 0 atom stereocenters. The van der Waals surface area contributed by atoms with Gasteiger partial charge in [0.05, 0.1) is 31.5 Å². The van der Waals surface area contributed by atoms with Gasteiger partial charge in [-0.15, -0.1) is 0 Å². The van der Waals surface area contributed by atoms with E-state index in [1.54, 1.807) is 36.4 Å². The van der Waals surface area contributed by atoms with Gasteiger partial charge in [-0.25, -0.2) is 9.69 Å². The normalized spacial score (nSPS) is 14.5. The van der Waals surface area contributed by atoms with Gasteiger partial charge in [0.2, 0.25) is 5.91 Å². The number of rotatable bonds is 7. The molecule has 1 heterocycles. The Labute approximate surface area is 187 Å². The highest BCUT2D eigenvalue weighted by Crippen LogP contribution is 2.34. The van der Waals surface area contributed by atoms with Gasteiger partial charge in [-0.2, -0.15) is 0 Å². The van der Waals surface area contributed by atoms with Crippen molar-refractivity contribution in [3.63, 3.8) is 0 Å². The summed E-state index contributed by atoms with van der Waals surface area (Å²) in [6.45, 7) is -0.455. The van der Waals surface area contributed by atoms with Crippen LogP contribution in [0.5, 0.6) is 17.2 Å². The van der Waals surface area contributed by atoms with E-state index in [0.29, 0.717) is 33.0 Å². The van der Waals surface area contributed by atoms with Crippen LogP contribution in [0.25, 0.3) is 6.08 Å². The summed E-state index contributed by atoms with van der Waals surface area (Å²) < 4.78 is 16.4. The van der Waals surface area contributed by atoms with Crippen molar-refractivity contribution in [3.8, 4) is 17.2 Å². The Balaban J connectivity index is 1.78. The number of carbonyl (C=O) groups is 3. The molecule has 0 aliphatic carbocycles. The highest BCUT2D eigenvalue weighted by atomic mass is 79.9. The summed E-state index contributed by atoms with van der Waals surface area (Å²) in [6, 6.07) is 9.48. The molecule has 0 radical (unpaired) electrons. The number of amides is 4. The van der Waals surface area contributed by atoms with Crippen molar-refractivity contribution in [1.82, 2.24) is 10.2 Å². The van der Waals surface area contributed by atoms with E-state index < -0.39 is 24.4 Å². The smallest absolute Gasteiger partial charge is 0.329 e. The number of nitrogens with one attached hydrogen (secondary N) is 2. The van der Waals surface area contributed by atoms with Crippen LogP contribution in [-0.4, -0.2) is 50.6 Å². The first-order chi connectivity index (χ1) is 14.9. The van der Waals surface area contributed by atoms with Gasteiger partial charge < -0.3 is 24.8 Å². The molecule has 1 aliphatic rings. The average Bonchev–Trinajstić information content (AvgIpc) is 3.01. The molecule has 31 heavy (non-hydrogen) atoms. The highest BCUT2D eigenvalue weighted by molar-refractivity contribution is 9.10. The van der Waals surface area contributed by atoms with Crippen LogP contribution in [0.4, 0.5) is 10.5 Å². The number of carbonyl (C=O) groups excluding carboxylic acids is 3. The maximum atomic E-state index is 12.7. The predicted octanol–water partition coefficient (Wildman–Crippen LogP) is 3.01. The number of methoxy groups -OCH3 is 3. The second kappa shape index (κ2) is 9.52. The van der Waals surface area contributed by atoms with Crippen molar-refractivity contribution in [3.05, 3.63) is 52.1 Å². The maximum Gasteiger partial charge on any atom is 0.329 e. The molecule has 2 aromatic rings. The number of halogens is 1. The third-order valence-electron chi connectivity index (χ3n) is 4.45. The van der Waals surface area contributed by atoms with Crippen LogP contribution in [0.1, 0.15) is 5.56 Å². The van der Waals surface area contributed by atoms with Crippen molar-refractivity contribution < 1.29 is 28.6 Å². The first-order valence-electron chi connectivity index (χ1n) is 9.06. The Morgan fingerprint density at radius 2 is 1.74 bits per heavy atom. The summed E-state index contributed by atoms with van der Waals surface area (Å²) in [4.78, 5) is 38.3. The van der Waals surface area contributed by atoms with Gasteiger partial charge in [-0.1, -0.05) is 12.1 Å². The molecule has 0 unspecified atom stereocenters. The quantitative estimate of drug-likeness (QED) is 0.457. The summed E-state index contributed by atoms with van der Waals surface area (Å²) in [6.07, 6.45) is 1.47. The topological polar surface area (TPSA) is 106 Å². The lowest BCUT2D eigenvalue weighted by Gasteiger charge is -2.13. The average molecular weight is 490 g/mol. The van der Waals surface area contributed by atoms with E-state index in [4.69, 9.17) is 14.2 Å². The molecule has 1 aliphatic heterocycles. The van der Waals surface area contributed by atoms with Crippen LogP contribution in [0.2, 0.25) is 0 Å². The zero-order valence-corrected chi connectivity index (χ0v) is 18.6. The van der Waals surface area contributed by atoms with E-state index in [2.05, 4.69) is 26.6 Å². The van der Waals surface area contributed by atoms with Gasteiger partial charge in [0.1, 0.15) is 29.5 Å². The monoisotopic (exact) mass is 489 g/mol. The Bertz CT molecular complexity index is 1070. The number of hydrogen-bond donors (Lipinski definition) is 2. The van der Waals surface area contributed by atoms with Crippen molar-refractivity contribution in [2.75, 3.05) is 33.2 Å². The predicted molar refractivity (Wildman–Crippen MR) is 117 cm³/mol. The molecule has 162 valence electrons. The van der Waals surface area contributed by atoms with Crippen LogP contribution in [-0.2, 0) is 9.59 Å². The molecular weight excluding hydrogens is 470 g/mol. The number of urea groups is 1. The van der Waals surface area contributed by atoms with Crippen LogP contribution in [0, 0.1) is 0 Å². The third kappa shape index (κ3) is 4.80. The molecule has 0 aromatic heterocycles. The Morgan fingerprint density at radius 3 is 2.42 bits per heavy atom. The summed E-state index contributed by atoms with van der Waals surface area (Å²) in [5.74, 6) is 0.288. The van der Waals surface area contributed by atoms with Crippen LogP contribution >= 0.6 is 15.9 Å². The zero-order chi connectivity index (χ0) is 22.5. The van der Waals surface area contributed by atoms with Gasteiger partial charge in [0.25, 0.3) is 5.91 Å². The van der Waals surface area contributed by atoms with E-state index in [9.17, 15) is 14.4 Å². The minimum atomic E-state index is -0.696. The zero-order valence-electron chi connectivity index (χ0n) is 17.0. The first kappa shape index (κ1) is 22.2. The molecule has 2 N–H and O–H groups in total. The molecule has 4 amide bonds. The molecule has 0 spiro atoms. The van der Waals surface area contributed by atoms with Crippen LogP contribution in [0.15, 0.2) is 46.6 Å².